The third-order valence-electron chi connectivity index (χ3n) is 8.09. The monoisotopic (exact) mass is 620 g/mol. The predicted molar refractivity (Wildman–Crippen MR) is 165 cm³/mol. The average molecular weight is 621 g/mol. The zero-order valence-corrected chi connectivity index (χ0v) is 25.2. The Balaban J connectivity index is 1.00. The van der Waals surface area contributed by atoms with Gasteiger partial charge in [0.05, 0.1) is 16.4 Å². The summed E-state index contributed by atoms with van der Waals surface area (Å²) in [7, 11) is -3.73. The van der Waals surface area contributed by atoms with E-state index in [1.807, 2.05) is 28.0 Å². The van der Waals surface area contributed by atoms with Gasteiger partial charge in [-0.1, -0.05) is 18.2 Å². The minimum atomic E-state index is -3.73. The zero-order valence-electron chi connectivity index (χ0n) is 24.4. The smallest absolute Gasteiger partial charge is 0.269 e. The number of ether oxygens (including phenoxy) is 1. The molecule has 2 heterocycles. The number of nitro groups is 1. The fourth-order valence-electron chi connectivity index (χ4n) is 5.69. The summed E-state index contributed by atoms with van der Waals surface area (Å²) in [6, 6.07) is 20.0. The SMILES string of the molecule is O=C(c1ccc(OCCCCCNS(=O)(=O)c2ccc([N+](=O)[O-])cc2)cc1)N1CCC(N2C(=O)CCc3ccccc32)CC1. The van der Waals surface area contributed by atoms with Gasteiger partial charge in [-0.15, -0.1) is 0 Å². The van der Waals surface area contributed by atoms with Crippen LogP contribution in [0.2, 0.25) is 0 Å². The molecule has 1 saturated heterocycles. The van der Waals surface area contributed by atoms with Crippen LogP contribution in [-0.2, 0) is 21.2 Å². The number of rotatable bonds is 12. The van der Waals surface area contributed by atoms with Crippen molar-refractivity contribution in [1.82, 2.24) is 9.62 Å². The van der Waals surface area contributed by atoms with Gasteiger partial charge in [-0.05, 0) is 86.6 Å². The van der Waals surface area contributed by atoms with Crippen molar-refractivity contribution in [3.8, 4) is 5.75 Å². The Kier molecular flexibility index (Phi) is 9.91. The van der Waals surface area contributed by atoms with E-state index in [1.165, 1.54) is 17.7 Å². The lowest BCUT2D eigenvalue weighted by atomic mass is 9.95. The number of nitro benzene ring substituents is 1. The van der Waals surface area contributed by atoms with Gasteiger partial charge in [0.25, 0.3) is 11.6 Å². The van der Waals surface area contributed by atoms with Gasteiger partial charge in [0.2, 0.25) is 15.9 Å². The summed E-state index contributed by atoms with van der Waals surface area (Å²) in [6.45, 7) is 1.89. The third kappa shape index (κ3) is 7.43. The number of nitrogens with one attached hydrogen (secondary N) is 1. The van der Waals surface area contributed by atoms with Crippen LogP contribution in [0.15, 0.2) is 77.7 Å². The van der Waals surface area contributed by atoms with Crippen LogP contribution < -0.4 is 14.4 Å². The molecule has 3 aromatic rings. The van der Waals surface area contributed by atoms with Crippen LogP contribution in [0.4, 0.5) is 11.4 Å². The molecule has 0 atom stereocenters. The molecule has 2 aliphatic heterocycles. The number of fused-ring (bicyclic) bond motifs is 1. The quantitative estimate of drug-likeness (QED) is 0.176. The zero-order chi connectivity index (χ0) is 31.1. The van der Waals surface area contributed by atoms with Crippen LogP contribution in [0.1, 0.15) is 54.4 Å². The Bertz CT molecular complexity index is 1590. The Morgan fingerprint density at radius 2 is 1.64 bits per heavy atom. The number of para-hydroxylation sites is 1. The summed E-state index contributed by atoms with van der Waals surface area (Å²) in [5.74, 6) is 0.784. The highest BCUT2D eigenvalue weighted by Crippen LogP contribution is 2.32. The molecule has 0 saturated carbocycles. The van der Waals surface area contributed by atoms with Crippen molar-refractivity contribution in [1.29, 1.82) is 0 Å². The molecule has 12 heteroatoms. The molecule has 3 aromatic carbocycles. The van der Waals surface area contributed by atoms with E-state index < -0.39 is 14.9 Å². The van der Waals surface area contributed by atoms with Crippen LogP contribution in [0, 0.1) is 10.1 Å². The number of unbranched alkanes of at least 4 members (excludes halogenated alkanes) is 2. The molecule has 2 amide bonds. The lowest BCUT2D eigenvalue weighted by Crippen LogP contribution is -2.50. The maximum atomic E-state index is 13.1. The second kappa shape index (κ2) is 14.0. The summed E-state index contributed by atoms with van der Waals surface area (Å²) >= 11 is 0. The second-order valence-corrected chi connectivity index (χ2v) is 12.8. The number of benzene rings is 3. The molecule has 0 unspecified atom stereocenters. The van der Waals surface area contributed by atoms with E-state index in [0.29, 0.717) is 43.9 Å². The van der Waals surface area contributed by atoms with E-state index >= 15 is 0 Å². The predicted octanol–water partition coefficient (Wildman–Crippen LogP) is 4.71. The first kappa shape index (κ1) is 31.1. The lowest BCUT2D eigenvalue weighted by Gasteiger charge is -2.41. The normalized spacial score (nSPS) is 15.6. The van der Waals surface area contributed by atoms with Crippen molar-refractivity contribution in [3.63, 3.8) is 0 Å². The number of aryl methyl sites for hydroxylation is 1. The van der Waals surface area contributed by atoms with E-state index in [-0.39, 0.29) is 35.0 Å². The summed E-state index contributed by atoms with van der Waals surface area (Å²) in [6.07, 6.45) is 4.86. The summed E-state index contributed by atoms with van der Waals surface area (Å²) in [5.41, 5.74) is 2.64. The highest BCUT2D eigenvalue weighted by atomic mass is 32.2. The van der Waals surface area contributed by atoms with E-state index in [4.69, 9.17) is 4.74 Å². The highest BCUT2D eigenvalue weighted by Gasteiger charge is 2.33. The number of hydrogen-bond donors (Lipinski definition) is 1. The Labute approximate surface area is 257 Å². The van der Waals surface area contributed by atoms with E-state index in [9.17, 15) is 28.1 Å². The molecular weight excluding hydrogens is 584 g/mol. The number of nitrogens with zero attached hydrogens (tertiary/aromatic N) is 3. The molecule has 5 rings (SSSR count). The van der Waals surface area contributed by atoms with Crippen molar-refractivity contribution in [2.24, 2.45) is 0 Å². The fraction of sp³-hybridized carbons (Fsp3) is 0.375. The van der Waals surface area contributed by atoms with Gasteiger partial charge in [-0.2, -0.15) is 0 Å². The van der Waals surface area contributed by atoms with Gasteiger partial charge in [-0.25, -0.2) is 13.1 Å². The first-order valence-electron chi connectivity index (χ1n) is 14.9. The summed E-state index contributed by atoms with van der Waals surface area (Å²) in [5, 5.41) is 10.7. The highest BCUT2D eigenvalue weighted by molar-refractivity contribution is 7.89. The standard InChI is InChI=1S/C32H36N4O7S/c37-31-17-10-24-6-2-3-7-30(24)35(31)26-18-21-34(22-19-26)32(38)25-8-13-28(14-9-25)43-23-5-1-4-20-33-44(41,42)29-15-11-27(12-16-29)36(39)40/h2-3,6-9,11-16,26,33H,1,4-5,10,17-23H2. The minimum Gasteiger partial charge on any atom is -0.494 e. The molecule has 0 aromatic heterocycles. The van der Waals surface area contributed by atoms with Gasteiger partial charge < -0.3 is 14.5 Å². The topological polar surface area (TPSA) is 139 Å². The molecule has 0 aliphatic carbocycles. The number of likely N-dealkylation sites (tertiary alicyclic amines) is 1. The molecule has 232 valence electrons. The molecule has 0 bridgehead atoms. The Morgan fingerprint density at radius 3 is 2.34 bits per heavy atom. The number of carbonyl (C=O) groups is 2. The molecule has 11 nitrogen and oxygen atoms in total. The van der Waals surface area contributed by atoms with Crippen LogP contribution in [0.5, 0.6) is 5.75 Å². The Morgan fingerprint density at radius 1 is 0.932 bits per heavy atom. The van der Waals surface area contributed by atoms with Gasteiger partial charge in [0, 0.05) is 55.5 Å². The van der Waals surface area contributed by atoms with Crippen molar-refractivity contribution < 1.29 is 27.7 Å². The van der Waals surface area contributed by atoms with Crippen LogP contribution in [0.25, 0.3) is 0 Å². The molecule has 2 aliphatic rings. The minimum absolute atomic E-state index is 0.0158. The number of piperidine rings is 1. The van der Waals surface area contributed by atoms with Crippen LogP contribution in [0.3, 0.4) is 0 Å². The fourth-order valence-corrected chi connectivity index (χ4v) is 6.76. The Hall–Kier alpha value is -4.29. The first-order chi connectivity index (χ1) is 21.2. The molecule has 1 N–H and O–H groups in total. The van der Waals surface area contributed by atoms with Gasteiger partial charge in [0.15, 0.2) is 0 Å². The average Bonchev–Trinajstić information content (AvgIpc) is 3.04. The van der Waals surface area contributed by atoms with Crippen LogP contribution >= 0.6 is 0 Å². The second-order valence-electron chi connectivity index (χ2n) is 11.0. The van der Waals surface area contributed by atoms with E-state index in [2.05, 4.69) is 10.8 Å². The lowest BCUT2D eigenvalue weighted by molar-refractivity contribution is -0.384. The van der Waals surface area contributed by atoms with E-state index in [1.54, 1.807) is 24.3 Å². The summed E-state index contributed by atoms with van der Waals surface area (Å²) < 4.78 is 33.0. The van der Waals surface area contributed by atoms with Crippen molar-refractivity contribution in [2.45, 2.75) is 55.9 Å². The maximum absolute atomic E-state index is 13.1. The van der Waals surface area contributed by atoms with Gasteiger partial charge in [-0.3, -0.25) is 19.7 Å². The van der Waals surface area contributed by atoms with Gasteiger partial charge in [0.1, 0.15) is 5.75 Å². The number of hydrogen-bond acceptors (Lipinski definition) is 7. The van der Waals surface area contributed by atoms with Crippen molar-refractivity contribution >= 4 is 33.2 Å². The first-order valence-corrected chi connectivity index (χ1v) is 16.4. The number of amides is 2. The summed E-state index contributed by atoms with van der Waals surface area (Å²) in [4.78, 5) is 39.9. The molecular formula is C32H36N4O7S. The number of sulfonamides is 1. The van der Waals surface area contributed by atoms with Gasteiger partial charge >= 0.3 is 0 Å². The molecule has 1 fully saturated rings. The van der Waals surface area contributed by atoms with E-state index in [0.717, 1.165) is 49.9 Å². The third-order valence-corrected chi connectivity index (χ3v) is 9.56. The molecule has 0 radical (unpaired) electrons. The maximum Gasteiger partial charge on any atom is 0.269 e. The molecule has 0 spiro atoms. The molecule has 44 heavy (non-hydrogen) atoms. The number of carbonyl (C=O) groups excluding carboxylic acids is 2. The van der Waals surface area contributed by atoms with Crippen molar-refractivity contribution in [2.75, 3.05) is 31.1 Å². The largest absolute Gasteiger partial charge is 0.494 e. The van der Waals surface area contributed by atoms with Crippen LogP contribution in [-0.4, -0.2) is 62.3 Å². The number of anilines is 1. The number of non-ortho nitro benzene ring substituents is 1. The van der Waals surface area contributed by atoms with Crippen molar-refractivity contribution in [3.05, 3.63) is 94.0 Å².